The second-order valence-electron chi connectivity index (χ2n) is 4.66. The number of nitrogens with one attached hydrogen (secondary N) is 2. The number of aromatic nitrogens is 3. The van der Waals surface area contributed by atoms with Crippen molar-refractivity contribution >= 4 is 29.0 Å². The zero-order chi connectivity index (χ0) is 13.8. The van der Waals surface area contributed by atoms with Crippen molar-refractivity contribution in [3.05, 3.63) is 18.6 Å². The lowest BCUT2D eigenvalue weighted by molar-refractivity contribution is 0.314. The van der Waals surface area contributed by atoms with Gasteiger partial charge in [0.05, 0.1) is 6.20 Å². The van der Waals surface area contributed by atoms with E-state index in [2.05, 4.69) is 25.6 Å². The minimum Gasteiger partial charge on any atom is -0.366 e. The van der Waals surface area contributed by atoms with Crippen molar-refractivity contribution in [1.29, 1.82) is 0 Å². The van der Waals surface area contributed by atoms with E-state index < -0.39 is 0 Å². The maximum atomic E-state index is 5.44. The van der Waals surface area contributed by atoms with Crippen LogP contribution in [0.15, 0.2) is 18.6 Å². The van der Waals surface area contributed by atoms with Crippen molar-refractivity contribution in [3.63, 3.8) is 0 Å². The molecule has 1 aliphatic heterocycles. The second kappa shape index (κ2) is 6.29. The van der Waals surface area contributed by atoms with Crippen LogP contribution in [0.4, 0.5) is 11.6 Å². The van der Waals surface area contributed by atoms with Crippen LogP contribution in [-0.2, 0) is 0 Å². The lowest BCUT2D eigenvalue weighted by Gasteiger charge is -2.26. The standard InChI is InChI=1S/C12H19N7S/c13-17-10-9-19-4-2-15-12(19)11(16-10)14-1-3-18-5-7-20-8-6-18/h2,4,9,17H,1,3,5-8,13H2,(H,14,16). The Balaban J connectivity index is 1.65. The van der Waals surface area contributed by atoms with Gasteiger partial charge < -0.3 is 15.1 Å². The first-order valence-electron chi connectivity index (χ1n) is 6.71. The van der Waals surface area contributed by atoms with E-state index in [0.29, 0.717) is 5.82 Å². The highest BCUT2D eigenvalue weighted by Crippen LogP contribution is 2.15. The molecule has 0 radical (unpaired) electrons. The summed E-state index contributed by atoms with van der Waals surface area (Å²) >= 11 is 2.03. The Hall–Kier alpha value is -1.51. The van der Waals surface area contributed by atoms with Crippen LogP contribution < -0.4 is 16.6 Å². The summed E-state index contributed by atoms with van der Waals surface area (Å²) in [6.07, 6.45) is 5.45. The minimum absolute atomic E-state index is 0.618. The predicted molar refractivity (Wildman–Crippen MR) is 83.1 cm³/mol. The zero-order valence-electron chi connectivity index (χ0n) is 11.2. The Kier molecular flexibility index (Phi) is 4.24. The number of hydrogen-bond acceptors (Lipinski definition) is 7. The van der Waals surface area contributed by atoms with Crippen LogP contribution in [0.1, 0.15) is 0 Å². The van der Waals surface area contributed by atoms with Crippen LogP contribution >= 0.6 is 11.8 Å². The summed E-state index contributed by atoms with van der Waals surface area (Å²) < 4.78 is 1.90. The van der Waals surface area contributed by atoms with E-state index >= 15 is 0 Å². The van der Waals surface area contributed by atoms with Crippen LogP contribution in [-0.4, -0.2) is 57.0 Å². The van der Waals surface area contributed by atoms with Gasteiger partial charge in [0.1, 0.15) is 0 Å². The molecule has 2 aromatic rings. The largest absolute Gasteiger partial charge is 0.366 e. The monoisotopic (exact) mass is 293 g/mol. The normalized spacial score (nSPS) is 16.4. The maximum absolute atomic E-state index is 5.44. The molecule has 0 atom stereocenters. The first kappa shape index (κ1) is 13.5. The minimum atomic E-state index is 0.618. The summed E-state index contributed by atoms with van der Waals surface area (Å²) in [5.41, 5.74) is 3.39. The van der Waals surface area contributed by atoms with E-state index in [1.165, 1.54) is 24.6 Å². The quantitative estimate of drug-likeness (QED) is 0.546. The molecular formula is C12H19N7S. The molecule has 4 N–H and O–H groups in total. The highest BCUT2D eigenvalue weighted by atomic mass is 32.2. The topological polar surface area (TPSA) is 83.5 Å². The molecule has 0 aromatic carbocycles. The third-order valence-corrected chi connectivity index (χ3v) is 4.29. The highest BCUT2D eigenvalue weighted by Gasteiger charge is 2.11. The zero-order valence-corrected chi connectivity index (χ0v) is 12.1. The summed E-state index contributed by atoms with van der Waals surface area (Å²) in [6.45, 7) is 4.22. The maximum Gasteiger partial charge on any atom is 0.180 e. The Morgan fingerprint density at radius 1 is 1.35 bits per heavy atom. The molecule has 0 spiro atoms. The van der Waals surface area contributed by atoms with Crippen molar-refractivity contribution in [3.8, 4) is 0 Å². The molecule has 8 heteroatoms. The molecule has 1 saturated heterocycles. The Bertz CT molecular complexity index is 564. The van der Waals surface area contributed by atoms with Gasteiger partial charge in [0.25, 0.3) is 0 Å². The van der Waals surface area contributed by atoms with E-state index in [1.54, 1.807) is 6.20 Å². The molecule has 1 fully saturated rings. The number of fused-ring (bicyclic) bond motifs is 1. The van der Waals surface area contributed by atoms with Crippen LogP contribution in [0.25, 0.3) is 5.65 Å². The summed E-state index contributed by atoms with van der Waals surface area (Å²) in [5.74, 6) is 9.28. The lowest BCUT2D eigenvalue weighted by Crippen LogP contribution is -2.36. The molecule has 2 aromatic heterocycles. The molecule has 1 aliphatic rings. The van der Waals surface area contributed by atoms with E-state index in [1.807, 2.05) is 28.6 Å². The average molecular weight is 293 g/mol. The van der Waals surface area contributed by atoms with Gasteiger partial charge in [-0.3, -0.25) is 4.90 Å². The summed E-state index contributed by atoms with van der Waals surface area (Å²) in [6, 6.07) is 0. The fourth-order valence-electron chi connectivity index (χ4n) is 2.28. The van der Waals surface area contributed by atoms with E-state index in [0.717, 1.165) is 24.6 Å². The highest BCUT2D eigenvalue weighted by molar-refractivity contribution is 7.99. The van der Waals surface area contributed by atoms with Gasteiger partial charge in [0.2, 0.25) is 0 Å². The SMILES string of the molecule is NNc1cn2ccnc2c(NCCN2CCSCC2)n1. The number of imidazole rings is 1. The number of nitrogens with two attached hydrogens (primary N) is 1. The number of nitrogens with zero attached hydrogens (tertiary/aromatic N) is 4. The van der Waals surface area contributed by atoms with Gasteiger partial charge >= 0.3 is 0 Å². The first-order chi connectivity index (χ1) is 9.86. The summed E-state index contributed by atoms with van der Waals surface area (Å²) in [5, 5.41) is 3.36. The molecule has 0 bridgehead atoms. The van der Waals surface area contributed by atoms with E-state index in [4.69, 9.17) is 5.84 Å². The van der Waals surface area contributed by atoms with Crippen LogP contribution in [0.5, 0.6) is 0 Å². The number of hydrazine groups is 1. The first-order valence-corrected chi connectivity index (χ1v) is 7.86. The number of anilines is 2. The number of nitrogen functional groups attached to an aromatic ring is 1. The average Bonchev–Trinajstić information content (AvgIpc) is 2.96. The van der Waals surface area contributed by atoms with Gasteiger partial charge in [-0.15, -0.1) is 0 Å². The Morgan fingerprint density at radius 3 is 3.00 bits per heavy atom. The number of rotatable bonds is 5. The van der Waals surface area contributed by atoms with Gasteiger partial charge in [0.15, 0.2) is 17.3 Å². The fraction of sp³-hybridized carbons (Fsp3) is 0.500. The lowest BCUT2D eigenvalue weighted by atomic mass is 10.4. The number of hydrogen-bond donors (Lipinski definition) is 3. The van der Waals surface area contributed by atoms with Gasteiger partial charge in [-0.2, -0.15) is 11.8 Å². The molecule has 20 heavy (non-hydrogen) atoms. The van der Waals surface area contributed by atoms with Crippen molar-refractivity contribution in [1.82, 2.24) is 19.3 Å². The fourth-order valence-corrected chi connectivity index (χ4v) is 3.26. The molecule has 7 nitrogen and oxygen atoms in total. The van der Waals surface area contributed by atoms with Crippen molar-refractivity contribution in [2.75, 3.05) is 48.4 Å². The Morgan fingerprint density at radius 2 is 2.20 bits per heavy atom. The Labute approximate surface area is 121 Å². The van der Waals surface area contributed by atoms with E-state index in [9.17, 15) is 0 Å². The van der Waals surface area contributed by atoms with Gasteiger partial charge in [-0.25, -0.2) is 15.8 Å². The van der Waals surface area contributed by atoms with Gasteiger partial charge in [0, 0.05) is 50.1 Å². The molecule has 3 heterocycles. The van der Waals surface area contributed by atoms with E-state index in [-0.39, 0.29) is 0 Å². The van der Waals surface area contributed by atoms with Crippen LogP contribution in [0.3, 0.4) is 0 Å². The number of thioether (sulfide) groups is 1. The van der Waals surface area contributed by atoms with Crippen molar-refractivity contribution in [2.45, 2.75) is 0 Å². The predicted octanol–water partition coefficient (Wildman–Crippen LogP) is 0.476. The smallest absolute Gasteiger partial charge is 0.180 e. The third kappa shape index (κ3) is 2.97. The third-order valence-electron chi connectivity index (χ3n) is 3.35. The van der Waals surface area contributed by atoms with Crippen LogP contribution in [0.2, 0.25) is 0 Å². The molecule has 0 amide bonds. The van der Waals surface area contributed by atoms with Gasteiger partial charge in [-0.05, 0) is 0 Å². The molecule has 3 rings (SSSR count). The summed E-state index contributed by atoms with van der Waals surface area (Å²) in [7, 11) is 0. The molecular weight excluding hydrogens is 274 g/mol. The molecule has 0 aliphatic carbocycles. The van der Waals surface area contributed by atoms with Crippen LogP contribution in [0, 0.1) is 0 Å². The van der Waals surface area contributed by atoms with Crippen molar-refractivity contribution < 1.29 is 0 Å². The van der Waals surface area contributed by atoms with Gasteiger partial charge in [-0.1, -0.05) is 0 Å². The second-order valence-corrected chi connectivity index (χ2v) is 5.88. The molecule has 0 saturated carbocycles. The molecule has 0 unspecified atom stereocenters. The molecule has 108 valence electrons. The summed E-state index contributed by atoms with van der Waals surface area (Å²) in [4.78, 5) is 11.2. The van der Waals surface area contributed by atoms with Crippen molar-refractivity contribution in [2.24, 2.45) is 5.84 Å².